The molecule has 2 aromatic rings. The fraction of sp³-hybridized carbons (Fsp3) is 0.222. The molecule has 1 atom stereocenters. The third-order valence-corrected chi connectivity index (χ3v) is 3.97. The van der Waals surface area contributed by atoms with Crippen LogP contribution in [0, 0.1) is 11.6 Å². The van der Waals surface area contributed by atoms with Crippen molar-refractivity contribution < 1.29 is 23.1 Å². The Bertz CT molecular complexity index is 786. The summed E-state index contributed by atoms with van der Waals surface area (Å²) in [4.78, 5) is 25.8. The van der Waals surface area contributed by atoms with Crippen LogP contribution in [-0.4, -0.2) is 24.5 Å². The SMILES string of the molecule is C[C@@H]1Cc2ccccc2N1C(=O)COC(=O)c1c(F)cccc1F. The van der Waals surface area contributed by atoms with Gasteiger partial charge in [0.15, 0.2) is 6.61 Å². The summed E-state index contributed by atoms with van der Waals surface area (Å²) >= 11 is 0. The molecule has 1 aliphatic heterocycles. The number of nitrogens with zero attached hydrogens (tertiary/aromatic N) is 1. The van der Waals surface area contributed by atoms with E-state index in [0.29, 0.717) is 6.42 Å². The van der Waals surface area contributed by atoms with E-state index in [2.05, 4.69) is 0 Å². The zero-order valence-corrected chi connectivity index (χ0v) is 13.0. The number of esters is 1. The number of ether oxygens (including phenoxy) is 1. The number of hydrogen-bond donors (Lipinski definition) is 0. The van der Waals surface area contributed by atoms with E-state index in [1.54, 1.807) is 4.90 Å². The molecule has 0 unspecified atom stereocenters. The number of amides is 1. The van der Waals surface area contributed by atoms with Crippen LogP contribution in [0.1, 0.15) is 22.8 Å². The summed E-state index contributed by atoms with van der Waals surface area (Å²) < 4.78 is 31.9. The predicted octanol–water partition coefficient (Wildman–Crippen LogP) is 3.10. The van der Waals surface area contributed by atoms with Crippen molar-refractivity contribution >= 4 is 17.6 Å². The van der Waals surface area contributed by atoms with Gasteiger partial charge in [0.25, 0.3) is 5.91 Å². The van der Waals surface area contributed by atoms with E-state index < -0.39 is 35.7 Å². The smallest absolute Gasteiger partial charge is 0.344 e. The second-order valence-corrected chi connectivity index (χ2v) is 5.62. The molecule has 6 heteroatoms. The Kier molecular flexibility index (Phi) is 4.29. The lowest BCUT2D eigenvalue weighted by Gasteiger charge is -2.22. The van der Waals surface area contributed by atoms with Crippen LogP contribution in [0.4, 0.5) is 14.5 Å². The van der Waals surface area contributed by atoms with Crippen LogP contribution < -0.4 is 4.90 Å². The van der Waals surface area contributed by atoms with E-state index in [1.807, 2.05) is 31.2 Å². The van der Waals surface area contributed by atoms with Crippen molar-refractivity contribution in [2.45, 2.75) is 19.4 Å². The molecule has 0 N–H and O–H groups in total. The average molecular weight is 331 g/mol. The molecule has 1 amide bonds. The minimum atomic E-state index is -1.20. The summed E-state index contributed by atoms with van der Waals surface area (Å²) in [6.07, 6.45) is 0.706. The van der Waals surface area contributed by atoms with Gasteiger partial charge in [0.05, 0.1) is 0 Å². The molecule has 0 aliphatic carbocycles. The Morgan fingerprint density at radius 3 is 2.50 bits per heavy atom. The Labute approximate surface area is 137 Å². The molecular formula is C18H15F2NO3. The van der Waals surface area contributed by atoms with Gasteiger partial charge in [-0.3, -0.25) is 4.79 Å². The van der Waals surface area contributed by atoms with Crippen LogP contribution in [-0.2, 0) is 16.0 Å². The van der Waals surface area contributed by atoms with Crippen molar-refractivity contribution in [3.8, 4) is 0 Å². The normalized spacial score (nSPS) is 16.0. The van der Waals surface area contributed by atoms with Gasteiger partial charge in [-0.05, 0) is 37.1 Å². The summed E-state index contributed by atoms with van der Waals surface area (Å²) in [5.74, 6) is -3.67. The summed E-state index contributed by atoms with van der Waals surface area (Å²) in [7, 11) is 0. The molecule has 2 aromatic carbocycles. The molecule has 0 aromatic heterocycles. The number of benzene rings is 2. The Morgan fingerprint density at radius 1 is 1.12 bits per heavy atom. The van der Waals surface area contributed by atoms with Crippen LogP contribution >= 0.6 is 0 Å². The molecule has 124 valence electrons. The largest absolute Gasteiger partial charge is 0.452 e. The maximum absolute atomic E-state index is 13.5. The van der Waals surface area contributed by atoms with Gasteiger partial charge in [-0.1, -0.05) is 24.3 Å². The van der Waals surface area contributed by atoms with Gasteiger partial charge in [-0.15, -0.1) is 0 Å². The number of fused-ring (bicyclic) bond motifs is 1. The third-order valence-electron chi connectivity index (χ3n) is 3.97. The predicted molar refractivity (Wildman–Crippen MR) is 83.7 cm³/mol. The number of para-hydroxylation sites is 1. The second kappa shape index (κ2) is 6.39. The number of carbonyl (C=O) groups is 2. The zero-order valence-electron chi connectivity index (χ0n) is 13.0. The summed E-state index contributed by atoms with van der Waals surface area (Å²) in [5.41, 5.74) is 1.01. The van der Waals surface area contributed by atoms with E-state index in [9.17, 15) is 18.4 Å². The van der Waals surface area contributed by atoms with Crippen molar-refractivity contribution in [3.05, 3.63) is 65.2 Å². The summed E-state index contributed by atoms with van der Waals surface area (Å²) in [6.45, 7) is 1.31. The minimum Gasteiger partial charge on any atom is -0.452 e. The highest BCUT2D eigenvalue weighted by Crippen LogP contribution is 2.31. The lowest BCUT2D eigenvalue weighted by atomic mass is 10.1. The van der Waals surface area contributed by atoms with Gasteiger partial charge in [-0.2, -0.15) is 0 Å². The molecule has 0 saturated heterocycles. The molecule has 0 fully saturated rings. The molecule has 0 bridgehead atoms. The van der Waals surface area contributed by atoms with Gasteiger partial charge >= 0.3 is 5.97 Å². The Balaban J connectivity index is 1.71. The van der Waals surface area contributed by atoms with Crippen molar-refractivity contribution in [1.29, 1.82) is 0 Å². The van der Waals surface area contributed by atoms with Crippen LogP contribution in [0.2, 0.25) is 0 Å². The highest BCUT2D eigenvalue weighted by Gasteiger charge is 2.31. The molecule has 0 saturated carbocycles. The number of rotatable bonds is 3. The minimum absolute atomic E-state index is 0.0706. The summed E-state index contributed by atoms with van der Waals surface area (Å²) in [6, 6.07) is 10.4. The Morgan fingerprint density at radius 2 is 1.79 bits per heavy atom. The molecule has 4 nitrogen and oxygen atoms in total. The molecule has 24 heavy (non-hydrogen) atoms. The first-order chi connectivity index (χ1) is 11.5. The van der Waals surface area contributed by atoms with E-state index in [4.69, 9.17) is 4.74 Å². The lowest BCUT2D eigenvalue weighted by Crippen LogP contribution is -2.38. The lowest BCUT2D eigenvalue weighted by molar-refractivity contribution is -0.122. The topological polar surface area (TPSA) is 46.6 Å². The van der Waals surface area contributed by atoms with Crippen molar-refractivity contribution in [2.75, 3.05) is 11.5 Å². The van der Waals surface area contributed by atoms with Crippen molar-refractivity contribution in [2.24, 2.45) is 0 Å². The quantitative estimate of drug-likeness (QED) is 0.812. The zero-order chi connectivity index (χ0) is 17.3. The molecule has 3 rings (SSSR count). The van der Waals surface area contributed by atoms with Gasteiger partial charge < -0.3 is 9.64 Å². The van der Waals surface area contributed by atoms with E-state index in [1.165, 1.54) is 0 Å². The van der Waals surface area contributed by atoms with E-state index >= 15 is 0 Å². The molecule has 1 aliphatic rings. The summed E-state index contributed by atoms with van der Waals surface area (Å²) in [5, 5.41) is 0. The maximum Gasteiger partial charge on any atom is 0.344 e. The van der Waals surface area contributed by atoms with Crippen LogP contribution in [0.3, 0.4) is 0 Å². The van der Waals surface area contributed by atoms with E-state index in [-0.39, 0.29) is 6.04 Å². The Hall–Kier alpha value is -2.76. The first-order valence-electron chi connectivity index (χ1n) is 7.50. The van der Waals surface area contributed by atoms with Gasteiger partial charge in [0, 0.05) is 11.7 Å². The number of hydrogen-bond acceptors (Lipinski definition) is 3. The third kappa shape index (κ3) is 2.87. The van der Waals surface area contributed by atoms with Gasteiger partial charge in [-0.25, -0.2) is 13.6 Å². The molecular weight excluding hydrogens is 316 g/mol. The molecule has 0 radical (unpaired) electrons. The highest BCUT2D eigenvalue weighted by atomic mass is 19.1. The van der Waals surface area contributed by atoms with E-state index in [0.717, 1.165) is 29.4 Å². The van der Waals surface area contributed by atoms with Crippen LogP contribution in [0.15, 0.2) is 42.5 Å². The maximum atomic E-state index is 13.5. The number of carbonyl (C=O) groups excluding carboxylic acids is 2. The standard InChI is InChI=1S/C18H15F2NO3/c1-11-9-12-5-2-3-8-15(12)21(11)16(22)10-24-18(23)17-13(19)6-4-7-14(17)20/h2-8,11H,9-10H2,1H3/t11-/m1/s1. The molecule has 0 spiro atoms. The average Bonchev–Trinajstić information content (AvgIpc) is 2.88. The van der Waals surface area contributed by atoms with Crippen LogP contribution in [0.5, 0.6) is 0 Å². The van der Waals surface area contributed by atoms with Gasteiger partial charge in [0.2, 0.25) is 0 Å². The first-order valence-corrected chi connectivity index (χ1v) is 7.50. The second-order valence-electron chi connectivity index (χ2n) is 5.62. The highest BCUT2D eigenvalue weighted by molar-refractivity contribution is 5.99. The first kappa shape index (κ1) is 16.1. The van der Waals surface area contributed by atoms with Crippen molar-refractivity contribution in [1.82, 2.24) is 0 Å². The van der Waals surface area contributed by atoms with Crippen molar-refractivity contribution in [3.63, 3.8) is 0 Å². The fourth-order valence-corrected chi connectivity index (χ4v) is 2.91. The monoisotopic (exact) mass is 331 g/mol. The van der Waals surface area contributed by atoms with Crippen LogP contribution in [0.25, 0.3) is 0 Å². The molecule has 1 heterocycles. The number of anilines is 1. The van der Waals surface area contributed by atoms with Gasteiger partial charge in [0.1, 0.15) is 17.2 Å². The number of halogens is 2. The fourth-order valence-electron chi connectivity index (χ4n) is 2.91.